The van der Waals surface area contributed by atoms with Crippen molar-refractivity contribution < 1.29 is 8.42 Å². The molecular formula is C17H31IN4O2S. The van der Waals surface area contributed by atoms with Crippen LogP contribution in [0.5, 0.6) is 0 Å². The van der Waals surface area contributed by atoms with Gasteiger partial charge in [-0.05, 0) is 44.9 Å². The average molecular weight is 482 g/mol. The minimum Gasteiger partial charge on any atom is -0.357 e. The molecule has 0 aromatic heterocycles. The molecule has 0 aliphatic heterocycles. The second-order valence-corrected chi connectivity index (χ2v) is 7.88. The lowest BCUT2D eigenvalue weighted by molar-refractivity contribution is 0.410. The van der Waals surface area contributed by atoms with Crippen LogP contribution in [-0.4, -0.2) is 44.9 Å². The topological polar surface area (TPSA) is 73.8 Å². The fraction of sp³-hybridized carbons (Fsp3) is 0.588. The van der Waals surface area contributed by atoms with Gasteiger partial charge in [-0.3, -0.25) is 0 Å². The summed E-state index contributed by atoms with van der Waals surface area (Å²) in [6.45, 7) is 9.99. The van der Waals surface area contributed by atoms with E-state index in [1.807, 2.05) is 32.9 Å². The first kappa shape index (κ1) is 24.1. The van der Waals surface area contributed by atoms with Crippen LogP contribution in [0, 0.1) is 0 Å². The highest BCUT2D eigenvalue weighted by Gasteiger charge is 2.22. The van der Waals surface area contributed by atoms with Crippen molar-refractivity contribution in [3.8, 4) is 0 Å². The molecule has 0 atom stereocenters. The lowest BCUT2D eigenvalue weighted by atomic mass is 10.2. The van der Waals surface area contributed by atoms with Crippen molar-refractivity contribution in [1.82, 2.24) is 14.9 Å². The molecule has 1 rings (SSSR count). The van der Waals surface area contributed by atoms with Crippen molar-refractivity contribution in [3.05, 3.63) is 29.8 Å². The number of benzene rings is 1. The first-order chi connectivity index (χ1) is 11.3. The van der Waals surface area contributed by atoms with Gasteiger partial charge in [-0.25, -0.2) is 13.4 Å². The summed E-state index contributed by atoms with van der Waals surface area (Å²) in [7, 11) is -1.84. The van der Waals surface area contributed by atoms with E-state index in [4.69, 9.17) is 0 Å². The van der Waals surface area contributed by atoms with Gasteiger partial charge >= 0.3 is 0 Å². The molecule has 1 aromatic carbocycles. The van der Waals surface area contributed by atoms with E-state index in [0.29, 0.717) is 11.4 Å². The number of rotatable bonds is 8. The Hall–Kier alpha value is -0.870. The van der Waals surface area contributed by atoms with E-state index < -0.39 is 10.0 Å². The van der Waals surface area contributed by atoms with Crippen molar-refractivity contribution in [2.24, 2.45) is 4.99 Å². The van der Waals surface area contributed by atoms with E-state index in [-0.39, 0.29) is 30.0 Å². The van der Waals surface area contributed by atoms with Crippen LogP contribution in [0.1, 0.15) is 39.7 Å². The summed E-state index contributed by atoms with van der Waals surface area (Å²) in [5.74, 6) is 0.774. The standard InChI is InChI=1S/C17H30N4O2S.HI/c1-6-12-19-17(18-7-2)20-13-15-8-10-16(11-9-15)24(22,23)21(5)14(3)4;/h8-11,14H,6-7,12-13H2,1-5H3,(H2,18,19,20);1H. The van der Waals surface area contributed by atoms with Crippen LogP contribution in [0.15, 0.2) is 34.2 Å². The summed E-state index contributed by atoms with van der Waals surface area (Å²) in [4.78, 5) is 4.82. The maximum atomic E-state index is 12.4. The van der Waals surface area contributed by atoms with E-state index in [2.05, 4.69) is 22.5 Å². The van der Waals surface area contributed by atoms with Gasteiger partial charge in [0.25, 0.3) is 0 Å². The number of hydrogen-bond acceptors (Lipinski definition) is 3. The predicted molar refractivity (Wildman–Crippen MR) is 115 cm³/mol. The Morgan fingerprint density at radius 1 is 1.16 bits per heavy atom. The average Bonchev–Trinajstić information content (AvgIpc) is 2.56. The Bertz CT molecular complexity index is 631. The molecule has 1 aromatic rings. The molecule has 6 nitrogen and oxygen atoms in total. The molecule has 0 spiro atoms. The van der Waals surface area contributed by atoms with Crippen LogP contribution in [0.2, 0.25) is 0 Å². The van der Waals surface area contributed by atoms with Crippen LogP contribution in [0.25, 0.3) is 0 Å². The quantitative estimate of drug-likeness (QED) is 0.340. The summed E-state index contributed by atoms with van der Waals surface area (Å²) in [5.41, 5.74) is 0.967. The van der Waals surface area contributed by atoms with Crippen LogP contribution in [0.3, 0.4) is 0 Å². The fourth-order valence-electron chi connectivity index (χ4n) is 1.97. The lowest BCUT2D eigenvalue weighted by Crippen LogP contribution is -2.37. The zero-order valence-electron chi connectivity index (χ0n) is 15.7. The van der Waals surface area contributed by atoms with Gasteiger partial charge in [0.05, 0.1) is 11.4 Å². The predicted octanol–water partition coefficient (Wildman–Crippen LogP) is 2.80. The summed E-state index contributed by atoms with van der Waals surface area (Å²) >= 11 is 0. The molecule has 0 fully saturated rings. The number of nitrogens with zero attached hydrogens (tertiary/aromatic N) is 2. The third-order valence-electron chi connectivity index (χ3n) is 3.63. The van der Waals surface area contributed by atoms with E-state index in [0.717, 1.165) is 31.0 Å². The Kier molecular flexibility index (Phi) is 11.3. The molecule has 0 aliphatic carbocycles. The lowest BCUT2D eigenvalue weighted by Gasteiger charge is -2.21. The van der Waals surface area contributed by atoms with Gasteiger partial charge in [0.15, 0.2) is 5.96 Å². The minimum absolute atomic E-state index is 0. The van der Waals surface area contributed by atoms with Gasteiger partial charge < -0.3 is 10.6 Å². The Balaban J connectivity index is 0.00000576. The number of hydrogen-bond donors (Lipinski definition) is 2. The largest absolute Gasteiger partial charge is 0.357 e. The molecule has 0 saturated heterocycles. The van der Waals surface area contributed by atoms with Gasteiger partial charge in [0.1, 0.15) is 0 Å². The molecule has 0 saturated carbocycles. The van der Waals surface area contributed by atoms with E-state index in [1.54, 1.807) is 19.2 Å². The highest BCUT2D eigenvalue weighted by atomic mass is 127. The fourth-order valence-corrected chi connectivity index (χ4v) is 3.33. The summed E-state index contributed by atoms with van der Waals surface area (Å²) < 4.78 is 26.2. The number of nitrogens with one attached hydrogen (secondary N) is 2. The highest BCUT2D eigenvalue weighted by Crippen LogP contribution is 2.17. The molecular weight excluding hydrogens is 451 g/mol. The molecule has 0 amide bonds. The van der Waals surface area contributed by atoms with Gasteiger partial charge in [-0.1, -0.05) is 19.1 Å². The van der Waals surface area contributed by atoms with Crippen LogP contribution in [-0.2, 0) is 16.6 Å². The van der Waals surface area contributed by atoms with Crippen LogP contribution in [0.4, 0.5) is 0 Å². The van der Waals surface area contributed by atoms with Gasteiger partial charge in [0, 0.05) is 26.2 Å². The molecule has 0 radical (unpaired) electrons. The molecule has 0 unspecified atom stereocenters. The molecule has 25 heavy (non-hydrogen) atoms. The zero-order chi connectivity index (χ0) is 18.2. The number of sulfonamides is 1. The summed E-state index contributed by atoms with van der Waals surface area (Å²) in [6, 6.07) is 6.84. The monoisotopic (exact) mass is 482 g/mol. The molecule has 2 N–H and O–H groups in total. The maximum Gasteiger partial charge on any atom is 0.243 e. The third kappa shape index (κ3) is 7.49. The number of aliphatic imine (C=N–C) groups is 1. The smallest absolute Gasteiger partial charge is 0.243 e. The zero-order valence-corrected chi connectivity index (χ0v) is 18.9. The summed E-state index contributed by atoms with van der Waals surface area (Å²) in [6.07, 6.45) is 1.03. The molecule has 144 valence electrons. The van der Waals surface area contributed by atoms with Gasteiger partial charge in [-0.2, -0.15) is 4.31 Å². The Labute approximate surface area is 169 Å². The van der Waals surface area contributed by atoms with Crippen molar-refractivity contribution >= 4 is 40.0 Å². The highest BCUT2D eigenvalue weighted by molar-refractivity contribution is 14.0. The van der Waals surface area contributed by atoms with E-state index in [9.17, 15) is 8.42 Å². The third-order valence-corrected chi connectivity index (χ3v) is 5.68. The minimum atomic E-state index is -3.43. The molecule has 0 heterocycles. The van der Waals surface area contributed by atoms with Crippen molar-refractivity contribution in [2.45, 2.75) is 51.6 Å². The van der Waals surface area contributed by atoms with Gasteiger partial charge in [-0.15, -0.1) is 24.0 Å². The van der Waals surface area contributed by atoms with Crippen molar-refractivity contribution in [1.29, 1.82) is 0 Å². The summed E-state index contributed by atoms with van der Waals surface area (Å²) in [5, 5.41) is 6.43. The first-order valence-corrected chi connectivity index (χ1v) is 9.86. The molecule has 0 bridgehead atoms. The van der Waals surface area contributed by atoms with Crippen molar-refractivity contribution in [2.75, 3.05) is 20.1 Å². The van der Waals surface area contributed by atoms with Crippen molar-refractivity contribution in [3.63, 3.8) is 0 Å². The first-order valence-electron chi connectivity index (χ1n) is 8.42. The second kappa shape index (κ2) is 11.7. The van der Waals surface area contributed by atoms with Crippen LogP contribution >= 0.6 is 24.0 Å². The Morgan fingerprint density at radius 3 is 2.24 bits per heavy atom. The molecule has 8 heteroatoms. The second-order valence-electron chi connectivity index (χ2n) is 5.88. The molecule has 0 aliphatic rings. The normalized spacial score (nSPS) is 12.2. The van der Waals surface area contributed by atoms with E-state index >= 15 is 0 Å². The van der Waals surface area contributed by atoms with Crippen LogP contribution < -0.4 is 10.6 Å². The number of guanidine groups is 1. The Morgan fingerprint density at radius 2 is 1.76 bits per heavy atom. The van der Waals surface area contributed by atoms with Gasteiger partial charge in [0.2, 0.25) is 10.0 Å². The van der Waals surface area contributed by atoms with E-state index in [1.165, 1.54) is 4.31 Å². The maximum absolute atomic E-state index is 12.4. The number of halogens is 1. The SMILES string of the molecule is CCCNC(=NCc1ccc(S(=O)(=O)N(C)C(C)C)cc1)NCC.I.